The first-order valence-electron chi connectivity index (χ1n) is 11.5. The maximum Gasteiger partial charge on any atom is 0.359 e. The van der Waals surface area contributed by atoms with E-state index in [-0.39, 0.29) is 12.1 Å². The fraction of sp³-hybridized carbons (Fsp3) is 0.296. The number of fused-ring (bicyclic) bond motifs is 1. The summed E-state index contributed by atoms with van der Waals surface area (Å²) in [5, 5.41) is 8.96. The van der Waals surface area contributed by atoms with Gasteiger partial charge in [-0.25, -0.2) is 9.78 Å². The third-order valence-electron chi connectivity index (χ3n) is 5.78. The smallest absolute Gasteiger partial charge is 0.359 e. The Morgan fingerprint density at radius 3 is 2.49 bits per heavy atom. The lowest BCUT2D eigenvalue weighted by molar-refractivity contribution is -0.136. The van der Waals surface area contributed by atoms with Crippen LogP contribution in [0.5, 0.6) is 0 Å². The number of carboxylic acids is 1. The molecule has 0 saturated heterocycles. The van der Waals surface area contributed by atoms with E-state index in [0.717, 1.165) is 27.9 Å². The molecule has 1 unspecified atom stereocenters. The fourth-order valence-electron chi connectivity index (χ4n) is 4.16. The van der Waals surface area contributed by atoms with Crippen LogP contribution in [0.3, 0.4) is 0 Å². The first kappa shape index (κ1) is 24.4. The van der Waals surface area contributed by atoms with Crippen LogP contribution >= 0.6 is 0 Å². The number of carboxylic acid groups (broad SMARTS) is 1. The number of aromatic nitrogens is 1. The Morgan fingerprint density at radius 1 is 1.09 bits per heavy atom. The van der Waals surface area contributed by atoms with Crippen LogP contribution in [0.1, 0.15) is 46.0 Å². The minimum Gasteiger partial charge on any atom is -0.481 e. The normalized spacial score (nSPS) is 14.3. The molecule has 0 amide bonds. The van der Waals surface area contributed by atoms with E-state index in [1.807, 2.05) is 68.6 Å². The number of carbonyl (C=O) groups excluding carboxylic acids is 1. The Hall–Kier alpha value is -3.75. The number of anilines is 1. The largest absolute Gasteiger partial charge is 0.481 e. The number of benzene rings is 2. The first-order chi connectivity index (χ1) is 16.9. The number of pyridine rings is 1. The molecule has 0 aliphatic carbocycles. The Kier molecular flexibility index (Phi) is 7.74. The molecule has 0 bridgehead atoms. The molecule has 1 atom stereocenters. The third kappa shape index (κ3) is 6.23. The minimum absolute atomic E-state index is 0.0143. The lowest BCUT2D eigenvalue weighted by atomic mass is 10.1. The zero-order valence-corrected chi connectivity index (χ0v) is 19.9. The quantitative estimate of drug-likeness (QED) is 0.367. The Labute approximate surface area is 204 Å². The van der Waals surface area contributed by atoms with E-state index in [4.69, 9.17) is 14.6 Å². The van der Waals surface area contributed by atoms with Gasteiger partial charge in [0.25, 0.3) is 0 Å². The number of aliphatic carboxylic acids is 1. The first-order valence-corrected chi connectivity index (χ1v) is 11.5. The zero-order valence-electron chi connectivity index (χ0n) is 19.9. The molecule has 1 aromatic heterocycles. The van der Waals surface area contributed by atoms with E-state index < -0.39 is 18.2 Å². The van der Waals surface area contributed by atoms with Crippen molar-refractivity contribution in [3.8, 4) is 0 Å². The molecule has 0 fully saturated rings. The third-order valence-corrected chi connectivity index (χ3v) is 5.78. The molecule has 2 aromatic carbocycles. The van der Waals surface area contributed by atoms with Crippen LogP contribution in [0.15, 0.2) is 66.9 Å². The lowest BCUT2D eigenvalue weighted by Crippen LogP contribution is -2.40. The van der Waals surface area contributed by atoms with Crippen molar-refractivity contribution in [2.24, 2.45) is 0 Å². The van der Waals surface area contributed by atoms with Gasteiger partial charge in [-0.3, -0.25) is 9.69 Å². The summed E-state index contributed by atoms with van der Waals surface area (Å²) in [5.74, 6) is -1.38. The molecule has 35 heavy (non-hydrogen) atoms. The molecular formula is C27H29N3O5. The molecule has 3 aromatic rings. The minimum atomic E-state index is -0.841. The summed E-state index contributed by atoms with van der Waals surface area (Å²) in [6.07, 6.45) is 0.928. The summed E-state index contributed by atoms with van der Waals surface area (Å²) in [5.41, 5.74) is 4.82. The highest BCUT2D eigenvalue weighted by atomic mass is 16.7. The number of hydrogen-bond donors (Lipinski definition) is 1. The van der Waals surface area contributed by atoms with Crippen LogP contribution in [0.4, 0.5) is 5.69 Å². The van der Waals surface area contributed by atoms with E-state index in [2.05, 4.69) is 14.8 Å². The van der Waals surface area contributed by atoms with Crippen molar-refractivity contribution in [1.82, 2.24) is 9.88 Å². The highest BCUT2D eigenvalue weighted by Crippen LogP contribution is 2.28. The summed E-state index contributed by atoms with van der Waals surface area (Å²) in [6, 6.07) is 18.8. The molecule has 4 rings (SSSR count). The van der Waals surface area contributed by atoms with Crippen LogP contribution in [0.25, 0.3) is 0 Å². The average molecular weight is 476 g/mol. The van der Waals surface area contributed by atoms with Crippen molar-refractivity contribution < 1.29 is 24.2 Å². The summed E-state index contributed by atoms with van der Waals surface area (Å²) < 4.78 is 11.3. The van der Waals surface area contributed by atoms with Gasteiger partial charge in [0, 0.05) is 32.3 Å². The molecule has 2 heterocycles. The SMILES string of the molecule is CCOC(OC(=O)c1cc2c(cn1)N(C)CN(Cc1ccc(CC(=O)O)cc1)C2)c1ccccc1. The predicted molar refractivity (Wildman–Crippen MR) is 131 cm³/mol. The second-order valence-electron chi connectivity index (χ2n) is 8.51. The second-order valence-corrected chi connectivity index (χ2v) is 8.51. The van der Waals surface area contributed by atoms with Gasteiger partial charge in [-0.2, -0.15) is 0 Å². The summed E-state index contributed by atoms with van der Waals surface area (Å²) >= 11 is 0. The van der Waals surface area contributed by atoms with Crippen LogP contribution < -0.4 is 4.90 Å². The molecule has 182 valence electrons. The van der Waals surface area contributed by atoms with Gasteiger partial charge < -0.3 is 19.5 Å². The highest BCUT2D eigenvalue weighted by molar-refractivity contribution is 5.88. The van der Waals surface area contributed by atoms with Crippen LogP contribution in [0, 0.1) is 0 Å². The van der Waals surface area contributed by atoms with Gasteiger partial charge in [-0.15, -0.1) is 0 Å². The molecular weight excluding hydrogens is 446 g/mol. The van der Waals surface area contributed by atoms with E-state index in [9.17, 15) is 9.59 Å². The van der Waals surface area contributed by atoms with Gasteiger partial charge in [0.05, 0.1) is 25.0 Å². The number of rotatable bonds is 9. The van der Waals surface area contributed by atoms with E-state index in [1.54, 1.807) is 12.3 Å². The fourth-order valence-corrected chi connectivity index (χ4v) is 4.16. The van der Waals surface area contributed by atoms with Gasteiger partial charge in [0.1, 0.15) is 5.69 Å². The number of esters is 1. The van der Waals surface area contributed by atoms with E-state index >= 15 is 0 Å². The number of ether oxygens (including phenoxy) is 2. The van der Waals surface area contributed by atoms with Gasteiger partial charge in [-0.1, -0.05) is 54.6 Å². The number of hydrogen-bond acceptors (Lipinski definition) is 7. The zero-order chi connectivity index (χ0) is 24.8. The van der Waals surface area contributed by atoms with E-state index in [1.165, 1.54) is 0 Å². The van der Waals surface area contributed by atoms with Crippen molar-refractivity contribution >= 4 is 17.6 Å². The number of carbonyl (C=O) groups is 2. The second kappa shape index (κ2) is 11.1. The van der Waals surface area contributed by atoms with Crippen LogP contribution in [0.2, 0.25) is 0 Å². The Bertz CT molecular complexity index is 1170. The van der Waals surface area contributed by atoms with Crippen LogP contribution in [-0.4, -0.2) is 47.3 Å². The lowest BCUT2D eigenvalue weighted by Gasteiger charge is -2.36. The van der Waals surface area contributed by atoms with Crippen molar-refractivity contribution in [2.45, 2.75) is 32.7 Å². The average Bonchev–Trinajstić information content (AvgIpc) is 2.85. The van der Waals surface area contributed by atoms with Gasteiger partial charge in [-0.05, 0) is 29.7 Å². The van der Waals surface area contributed by atoms with Crippen LogP contribution in [-0.2, 0) is 33.8 Å². The molecule has 1 aliphatic rings. The van der Waals surface area contributed by atoms with Crippen molar-refractivity contribution in [1.29, 1.82) is 0 Å². The monoisotopic (exact) mass is 475 g/mol. The topological polar surface area (TPSA) is 92.2 Å². The van der Waals surface area contributed by atoms with Gasteiger partial charge in [0.2, 0.25) is 6.29 Å². The molecule has 8 heteroatoms. The number of nitrogens with zero attached hydrogens (tertiary/aromatic N) is 3. The van der Waals surface area contributed by atoms with Crippen molar-refractivity contribution in [3.05, 3.63) is 94.8 Å². The standard InChI is InChI=1S/C27H29N3O5/c1-3-34-27(21-7-5-4-6-8-21)35-26(33)23-14-22-17-30(18-29(2)24(22)15-28-23)16-20-11-9-19(10-12-20)13-25(31)32/h4-12,14-15,27H,3,13,16-18H2,1-2H3,(H,31,32). The molecule has 0 spiro atoms. The summed E-state index contributed by atoms with van der Waals surface area (Å²) in [4.78, 5) is 32.5. The Balaban J connectivity index is 1.46. The summed E-state index contributed by atoms with van der Waals surface area (Å²) in [7, 11) is 1.99. The molecule has 0 saturated carbocycles. The Morgan fingerprint density at radius 2 is 1.80 bits per heavy atom. The maximum absolute atomic E-state index is 12.9. The summed E-state index contributed by atoms with van der Waals surface area (Å²) in [6.45, 7) is 4.30. The van der Waals surface area contributed by atoms with E-state index in [0.29, 0.717) is 26.4 Å². The van der Waals surface area contributed by atoms with Gasteiger partial charge >= 0.3 is 11.9 Å². The van der Waals surface area contributed by atoms with Gasteiger partial charge in [0.15, 0.2) is 0 Å². The van der Waals surface area contributed by atoms with Crippen molar-refractivity contribution in [3.63, 3.8) is 0 Å². The molecule has 1 N–H and O–H groups in total. The molecule has 0 radical (unpaired) electrons. The highest BCUT2D eigenvalue weighted by Gasteiger charge is 2.24. The molecule has 1 aliphatic heterocycles. The maximum atomic E-state index is 12.9. The predicted octanol–water partition coefficient (Wildman–Crippen LogP) is 4.01. The van der Waals surface area contributed by atoms with Crippen molar-refractivity contribution in [2.75, 3.05) is 25.2 Å². The molecule has 8 nitrogen and oxygen atoms in total.